The molecule has 5 heteroatoms. The lowest BCUT2D eigenvalue weighted by atomic mass is 10.1. The molecule has 1 aliphatic carbocycles. The third-order valence-corrected chi connectivity index (χ3v) is 3.85. The molecule has 0 fully saturated rings. The molecule has 5 nitrogen and oxygen atoms in total. The summed E-state index contributed by atoms with van der Waals surface area (Å²) in [5.74, 6) is 0.972. The molecule has 0 aliphatic heterocycles. The van der Waals surface area contributed by atoms with Crippen LogP contribution in [0.2, 0.25) is 0 Å². The minimum atomic E-state index is -0.208. The molecule has 0 aromatic heterocycles. The van der Waals surface area contributed by atoms with E-state index in [0.717, 1.165) is 29.7 Å². The first-order valence-corrected chi connectivity index (χ1v) is 8.18. The summed E-state index contributed by atoms with van der Waals surface area (Å²) >= 11 is 0. The predicted octanol–water partition coefficient (Wildman–Crippen LogP) is 2.52. The van der Waals surface area contributed by atoms with Gasteiger partial charge < -0.3 is 20.5 Å². The molecular weight excluding hydrogens is 292 g/mol. The van der Waals surface area contributed by atoms with Crippen LogP contribution in [0.1, 0.15) is 30.9 Å². The first-order chi connectivity index (χ1) is 11.1. The summed E-state index contributed by atoms with van der Waals surface area (Å²) < 4.78 is 5.75. The largest absolute Gasteiger partial charge is 0.493 e. The van der Waals surface area contributed by atoms with Crippen LogP contribution in [-0.2, 0) is 6.54 Å². The zero-order chi connectivity index (χ0) is 16.7. The molecular formula is C18H26N2O3. The number of aliphatic hydroxyl groups excluding tert-OH is 1. The maximum absolute atomic E-state index is 12.0. The van der Waals surface area contributed by atoms with Crippen LogP contribution in [0.4, 0.5) is 4.79 Å². The fourth-order valence-corrected chi connectivity index (χ4v) is 2.57. The first-order valence-electron chi connectivity index (χ1n) is 8.18. The van der Waals surface area contributed by atoms with E-state index in [-0.39, 0.29) is 24.6 Å². The van der Waals surface area contributed by atoms with Crippen molar-refractivity contribution in [3.05, 3.63) is 41.5 Å². The van der Waals surface area contributed by atoms with Crippen LogP contribution < -0.4 is 15.4 Å². The lowest BCUT2D eigenvalue weighted by Gasteiger charge is -2.15. The Balaban J connectivity index is 1.85. The zero-order valence-corrected chi connectivity index (χ0v) is 13.8. The van der Waals surface area contributed by atoms with Crippen LogP contribution in [0.3, 0.4) is 0 Å². The molecule has 1 aliphatic rings. The summed E-state index contributed by atoms with van der Waals surface area (Å²) in [6.45, 7) is 5.30. The molecule has 1 aromatic rings. The van der Waals surface area contributed by atoms with E-state index < -0.39 is 0 Å². The van der Waals surface area contributed by atoms with Crippen molar-refractivity contribution in [2.24, 2.45) is 5.92 Å². The van der Waals surface area contributed by atoms with Crippen molar-refractivity contribution in [3.8, 4) is 5.75 Å². The second kappa shape index (κ2) is 8.58. The number of rotatable bonds is 7. The van der Waals surface area contributed by atoms with Crippen LogP contribution >= 0.6 is 0 Å². The number of aliphatic hydroxyl groups is 1. The summed E-state index contributed by atoms with van der Waals surface area (Å²) in [5.41, 5.74) is 2.10. The van der Waals surface area contributed by atoms with Crippen LogP contribution in [0.25, 0.3) is 0 Å². The Labute approximate surface area is 137 Å². The summed E-state index contributed by atoms with van der Waals surface area (Å²) in [6.07, 6.45) is 5.57. The fourth-order valence-electron chi connectivity index (χ4n) is 2.57. The second-order valence-electron chi connectivity index (χ2n) is 5.96. The van der Waals surface area contributed by atoms with Gasteiger partial charge >= 0.3 is 6.03 Å². The van der Waals surface area contributed by atoms with E-state index in [0.29, 0.717) is 13.2 Å². The molecule has 0 radical (unpaired) electrons. The number of urea groups is 1. The Morgan fingerprint density at radius 3 is 2.91 bits per heavy atom. The van der Waals surface area contributed by atoms with E-state index in [1.165, 1.54) is 0 Å². The summed E-state index contributed by atoms with van der Waals surface area (Å²) in [6, 6.07) is 5.77. The van der Waals surface area contributed by atoms with Gasteiger partial charge in [0.25, 0.3) is 0 Å². The van der Waals surface area contributed by atoms with E-state index in [2.05, 4.69) is 17.6 Å². The highest BCUT2D eigenvalue weighted by atomic mass is 16.5. The Bertz CT molecular complexity index is 557. The minimum Gasteiger partial charge on any atom is -0.493 e. The van der Waals surface area contributed by atoms with Crippen molar-refractivity contribution >= 4 is 6.03 Å². The van der Waals surface area contributed by atoms with Gasteiger partial charge in [0.2, 0.25) is 0 Å². The Hall–Kier alpha value is -2.01. The smallest absolute Gasteiger partial charge is 0.315 e. The molecule has 2 amide bonds. The van der Waals surface area contributed by atoms with E-state index in [9.17, 15) is 4.79 Å². The summed E-state index contributed by atoms with van der Waals surface area (Å²) in [5, 5.41) is 14.9. The van der Waals surface area contributed by atoms with Crippen molar-refractivity contribution in [2.75, 3.05) is 13.2 Å². The number of carbonyl (C=O) groups is 1. The maximum Gasteiger partial charge on any atom is 0.315 e. The number of hydrogen-bond acceptors (Lipinski definition) is 3. The maximum atomic E-state index is 12.0. The first kappa shape index (κ1) is 17.3. The second-order valence-corrected chi connectivity index (χ2v) is 5.96. The molecule has 126 valence electrons. The highest BCUT2D eigenvalue weighted by molar-refractivity contribution is 5.74. The number of benzene rings is 1. The number of nitrogens with one attached hydrogen (secondary N) is 2. The number of hydrogen-bond donors (Lipinski definition) is 3. The van der Waals surface area contributed by atoms with Gasteiger partial charge in [-0.1, -0.05) is 31.2 Å². The van der Waals surface area contributed by atoms with Gasteiger partial charge in [0.1, 0.15) is 5.75 Å². The lowest BCUT2D eigenvalue weighted by Crippen LogP contribution is -2.40. The fraction of sp³-hybridized carbons (Fsp3) is 0.500. The molecule has 0 heterocycles. The van der Waals surface area contributed by atoms with Gasteiger partial charge in [-0.15, -0.1) is 0 Å². The monoisotopic (exact) mass is 318 g/mol. The molecule has 0 spiro atoms. The molecule has 2 atom stereocenters. The lowest BCUT2D eigenvalue weighted by molar-refractivity contribution is 0.231. The van der Waals surface area contributed by atoms with Crippen molar-refractivity contribution < 1.29 is 14.6 Å². The highest BCUT2D eigenvalue weighted by Gasteiger charge is 2.19. The molecule has 0 unspecified atom stereocenters. The standard InChI is InChI=1S/C18H26N2O3/c1-3-8-23-17-9-13(2)4-6-15(17)11-19-18(22)20-16-7-5-14(10-16)12-21/h4-7,9,14,16,21H,3,8,10-12H2,1-2H3,(H2,19,20,22)/t14-,16+/m0/s1. The molecule has 3 N–H and O–H groups in total. The van der Waals surface area contributed by atoms with Crippen LogP contribution in [0, 0.1) is 12.8 Å². The molecule has 0 saturated heterocycles. The van der Waals surface area contributed by atoms with E-state index in [1.807, 2.05) is 37.3 Å². The Kier molecular flexibility index (Phi) is 6.47. The normalized spacial score (nSPS) is 19.6. The average molecular weight is 318 g/mol. The minimum absolute atomic E-state index is 0.0130. The van der Waals surface area contributed by atoms with Gasteiger partial charge in [-0.25, -0.2) is 4.79 Å². The molecule has 1 aromatic carbocycles. The highest BCUT2D eigenvalue weighted by Crippen LogP contribution is 2.21. The summed E-state index contributed by atoms with van der Waals surface area (Å²) in [4.78, 5) is 12.0. The van der Waals surface area contributed by atoms with Gasteiger partial charge in [0.15, 0.2) is 0 Å². The van der Waals surface area contributed by atoms with Crippen molar-refractivity contribution in [3.63, 3.8) is 0 Å². The third kappa shape index (κ3) is 5.28. The van der Waals surface area contributed by atoms with Crippen LogP contribution in [0.15, 0.2) is 30.4 Å². The van der Waals surface area contributed by atoms with Crippen molar-refractivity contribution in [2.45, 2.75) is 39.3 Å². The van der Waals surface area contributed by atoms with Gasteiger partial charge in [0, 0.05) is 30.7 Å². The number of ether oxygens (including phenoxy) is 1. The van der Waals surface area contributed by atoms with Crippen LogP contribution in [0.5, 0.6) is 5.75 Å². The van der Waals surface area contributed by atoms with E-state index >= 15 is 0 Å². The third-order valence-electron chi connectivity index (χ3n) is 3.85. The van der Waals surface area contributed by atoms with Gasteiger partial charge in [-0.2, -0.15) is 0 Å². The predicted molar refractivity (Wildman–Crippen MR) is 90.5 cm³/mol. The van der Waals surface area contributed by atoms with E-state index in [1.54, 1.807) is 0 Å². The van der Waals surface area contributed by atoms with Crippen LogP contribution in [-0.4, -0.2) is 30.4 Å². The van der Waals surface area contributed by atoms with Gasteiger partial charge in [-0.05, 0) is 31.4 Å². The number of aryl methyl sites for hydroxylation is 1. The van der Waals surface area contributed by atoms with Crippen molar-refractivity contribution in [1.82, 2.24) is 10.6 Å². The van der Waals surface area contributed by atoms with Crippen molar-refractivity contribution in [1.29, 1.82) is 0 Å². The molecule has 0 saturated carbocycles. The number of carbonyl (C=O) groups excluding carboxylic acids is 1. The average Bonchev–Trinajstić information content (AvgIpc) is 2.99. The Morgan fingerprint density at radius 1 is 1.39 bits per heavy atom. The molecule has 2 rings (SSSR count). The zero-order valence-electron chi connectivity index (χ0n) is 13.8. The van der Waals surface area contributed by atoms with Gasteiger partial charge in [-0.3, -0.25) is 0 Å². The van der Waals surface area contributed by atoms with E-state index in [4.69, 9.17) is 9.84 Å². The number of amides is 2. The SMILES string of the molecule is CCCOc1cc(C)ccc1CNC(=O)N[C@@H]1C=C[C@H](CO)C1. The topological polar surface area (TPSA) is 70.6 Å². The molecule has 23 heavy (non-hydrogen) atoms. The summed E-state index contributed by atoms with van der Waals surface area (Å²) in [7, 11) is 0. The van der Waals surface area contributed by atoms with Gasteiger partial charge in [0.05, 0.1) is 6.61 Å². The molecule has 0 bridgehead atoms. The Morgan fingerprint density at radius 2 is 2.22 bits per heavy atom. The quantitative estimate of drug-likeness (QED) is 0.677.